The van der Waals surface area contributed by atoms with Crippen molar-refractivity contribution in [2.45, 2.75) is 37.8 Å². The van der Waals surface area contributed by atoms with Gasteiger partial charge < -0.3 is 10.3 Å². The Kier molecular flexibility index (Phi) is 2.40. The fraction of sp³-hybridized carbons (Fsp3) is 0.462. The molecule has 16 heavy (non-hydrogen) atoms. The third-order valence-electron chi connectivity index (χ3n) is 3.56. The molecule has 0 spiro atoms. The molecule has 1 saturated carbocycles. The lowest BCUT2D eigenvalue weighted by Crippen LogP contribution is -2.29. The van der Waals surface area contributed by atoms with Crippen molar-refractivity contribution in [2.75, 3.05) is 0 Å². The number of rotatable bonds is 1. The van der Waals surface area contributed by atoms with Crippen molar-refractivity contribution >= 4 is 11.0 Å². The van der Waals surface area contributed by atoms with Crippen LogP contribution in [0.5, 0.6) is 0 Å². The van der Waals surface area contributed by atoms with Gasteiger partial charge in [-0.1, -0.05) is 12.1 Å². The van der Waals surface area contributed by atoms with E-state index in [9.17, 15) is 0 Å². The molecule has 2 N–H and O–H groups in total. The zero-order valence-corrected chi connectivity index (χ0v) is 9.34. The number of hydrogen-bond acceptors (Lipinski definition) is 2. The van der Waals surface area contributed by atoms with Crippen LogP contribution in [0.1, 0.15) is 31.7 Å². The fourth-order valence-electron chi connectivity index (χ4n) is 2.72. The summed E-state index contributed by atoms with van der Waals surface area (Å²) in [6.07, 6.45) is 6.68. The molecule has 1 heterocycles. The van der Waals surface area contributed by atoms with Crippen LogP contribution < -0.4 is 5.73 Å². The quantitative estimate of drug-likeness (QED) is 0.794. The molecule has 0 radical (unpaired) electrons. The van der Waals surface area contributed by atoms with Gasteiger partial charge >= 0.3 is 0 Å². The van der Waals surface area contributed by atoms with Crippen LogP contribution in [-0.2, 0) is 0 Å². The molecule has 0 aliphatic heterocycles. The molecule has 1 aliphatic carbocycles. The molecule has 1 aromatic carbocycles. The highest BCUT2D eigenvalue weighted by atomic mass is 15.1. The van der Waals surface area contributed by atoms with Gasteiger partial charge in [-0.15, -0.1) is 0 Å². The molecule has 3 nitrogen and oxygen atoms in total. The highest BCUT2D eigenvalue weighted by Gasteiger charge is 2.21. The Labute approximate surface area is 95.3 Å². The second-order valence-electron chi connectivity index (χ2n) is 4.72. The number of nitrogens with zero attached hydrogens (tertiary/aromatic N) is 2. The molecule has 1 aromatic heterocycles. The Morgan fingerprint density at radius 1 is 1.25 bits per heavy atom. The zero-order chi connectivity index (χ0) is 11.0. The highest BCUT2D eigenvalue weighted by molar-refractivity contribution is 5.75. The summed E-state index contributed by atoms with van der Waals surface area (Å²) in [6.45, 7) is 0. The number of fused-ring (bicyclic) bond motifs is 1. The Balaban J connectivity index is 1.99. The van der Waals surface area contributed by atoms with E-state index in [1.807, 2.05) is 12.4 Å². The van der Waals surface area contributed by atoms with Crippen LogP contribution in [0.2, 0.25) is 0 Å². The monoisotopic (exact) mass is 215 g/mol. The molecule has 2 atom stereocenters. The summed E-state index contributed by atoms with van der Waals surface area (Å²) in [4.78, 5) is 4.44. The smallest absolute Gasteiger partial charge is 0.0960 e. The van der Waals surface area contributed by atoms with E-state index in [-0.39, 0.29) is 0 Å². The first-order chi connectivity index (χ1) is 7.84. The number of aromatic nitrogens is 2. The second-order valence-corrected chi connectivity index (χ2v) is 4.72. The van der Waals surface area contributed by atoms with Crippen LogP contribution in [0.4, 0.5) is 0 Å². The fourth-order valence-corrected chi connectivity index (χ4v) is 2.72. The van der Waals surface area contributed by atoms with Gasteiger partial charge in [-0.25, -0.2) is 4.98 Å². The Morgan fingerprint density at radius 3 is 3.00 bits per heavy atom. The normalized spacial score (nSPS) is 26.1. The van der Waals surface area contributed by atoms with E-state index in [0.717, 1.165) is 11.9 Å². The van der Waals surface area contributed by atoms with Gasteiger partial charge in [-0.05, 0) is 37.8 Å². The Hall–Kier alpha value is -1.35. The molecule has 1 fully saturated rings. The topological polar surface area (TPSA) is 43.8 Å². The first-order valence-electron chi connectivity index (χ1n) is 6.02. The summed E-state index contributed by atoms with van der Waals surface area (Å²) >= 11 is 0. The van der Waals surface area contributed by atoms with Gasteiger partial charge in [0, 0.05) is 12.1 Å². The Morgan fingerprint density at radius 2 is 2.12 bits per heavy atom. The number of imidazole rings is 1. The predicted octanol–water partition coefficient (Wildman–Crippen LogP) is 2.48. The van der Waals surface area contributed by atoms with Crippen LogP contribution in [0.15, 0.2) is 30.6 Å². The number of hydrogen-bond donors (Lipinski definition) is 1. The van der Waals surface area contributed by atoms with Crippen LogP contribution >= 0.6 is 0 Å². The first kappa shape index (κ1) is 9.85. The number of nitrogens with two attached hydrogens (primary N) is 1. The average Bonchev–Trinajstić information content (AvgIpc) is 2.72. The van der Waals surface area contributed by atoms with Crippen LogP contribution in [0, 0.1) is 0 Å². The van der Waals surface area contributed by atoms with Crippen molar-refractivity contribution < 1.29 is 0 Å². The largest absolute Gasteiger partial charge is 0.328 e. The summed E-state index contributed by atoms with van der Waals surface area (Å²) in [5.41, 5.74) is 8.36. The van der Waals surface area contributed by atoms with Gasteiger partial charge in [0.15, 0.2) is 0 Å². The molecule has 0 saturated heterocycles. The summed E-state index contributed by atoms with van der Waals surface area (Å²) < 4.78 is 2.30. The summed E-state index contributed by atoms with van der Waals surface area (Å²) in [5, 5.41) is 0. The number of benzene rings is 1. The summed E-state index contributed by atoms with van der Waals surface area (Å²) in [6, 6.07) is 9.21. The molecule has 1 aliphatic rings. The van der Waals surface area contributed by atoms with Crippen molar-refractivity contribution in [3.05, 3.63) is 30.6 Å². The minimum Gasteiger partial charge on any atom is -0.328 e. The standard InChI is InChI=1S/C13H17N3/c14-10-4-3-5-11(8-10)16-9-15-12-6-1-2-7-13(12)16/h1-2,6-7,9-11H,3-5,8,14H2. The lowest BCUT2D eigenvalue weighted by Gasteiger charge is -2.28. The molecule has 2 unspecified atom stereocenters. The second kappa shape index (κ2) is 3.91. The zero-order valence-electron chi connectivity index (χ0n) is 9.34. The van der Waals surface area contributed by atoms with Gasteiger partial charge in [0.2, 0.25) is 0 Å². The molecule has 84 valence electrons. The van der Waals surface area contributed by atoms with Gasteiger partial charge in [0.1, 0.15) is 0 Å². The van der Waals surface area contributed by atoms with Gasteiger partial charge in [0.25, 0.3) is 0 Å². The maximum Gasteiger partial charge on any atom is 0.0960 e. The maximum atomic E-state index is 6.04. The molecule has 0 amide bonds. The average molecular weight is 215 g/mol. The molecule has 2 aromatic rings. The van der Waals surface area contributed by atoms with E-state index in [4.69, 9.17) is 5.73 Å². The van der Waals surface area contributed by atoms with E-state index in [0.29, 0.717) is 12.1 Å². The molecule has 3 heteroatoms. The third kappa shape index (κ3) is 1.61. The lowest BCUT2D eigenvalue weighted by molar-refractivity contribution is 0.325. The van der Waals surface area contributed by atoms with E-state index in [1.54, 1.807) is 0 Å². The predicted molar refractivity (Wildman–Crippen MR) is 65.2 cm³/mol. The van der Waals surface area contributed by atoms with E-state index >= 15 is 0 Å². The van der Waals surface area contributed by atoms with Gasteiger partial charge in [-0.2, -0.15) is 0 Å². The molecule has 3 rings (SSSR count). The third-order valence-corrected chi connectivity index (χ3v) is 3.56. The molecular weight excluding hydrogens is 198 g/mol. The Bertz CT molecular complexity index is 489. The maximum absolute atomic E-state index is 6.04. The van der Waals surface area contributed by atoms with Gasteiger partial charge in [0.05, 0.1) is 17.4 Å². The van der Waals surface area contributed by atoms with E-state index in [1.165, 1.54) is 24.8 Å². The van der Waals surface area contributed by atoms with Crippen LogP contribution in [0.25, 0.3) is 11.0 Å². The van der Waals surface area contributed by atoms with Crippen molar-refractivity contribution in [2.24, 2.45) is 5.73 Å². The van der Waals surface area contributed by atoms with Crippen molar-refractivity contribution in [1.82, 2.24) is 9.55 Å². The molecular formula is C13H17N3. The van der Waals surface area contributed by atoms with E-state index < -0.39 is 0 Å². The minimum atomic E-state index is 0.361. The lowest BCUT2D eigenvalue weighted by atomic mass is 9.91. The van der Waals surface area contributed by atoms with Gasteiger partial charge in [-0.3, -0.25) is 0 Å². The van der Waals surface area contributed by atoms with Crippen molar-refractivity contribution in [3.63, 3.8) is 0 Å². The van der Waals surface area contributed by atoms with Crippen LogP contribution in [-0.4, -0.2) is 15.6 Å². The first-order valence-corrected chi connectivity index (χ1v) is 6.02. The molecule has 0 bridgehead atoms. The number of para-hydroxylation sites is 2. The van der Waals surface area contributed by atoms with E-state index in [2.05, 4.69) is 27.8 Å². The van der Waals surface area contributed by atoms with Crippen molar-refractivity contribution in [1.29, 1.82) is 0 Å². The van der Waals surface area contributed by atoms with Crippen molar-refractivity contribution in [3.8, 4) is 0 Å². The SMILES string of the molecule is NC1CCCC(n2cnc3ccccc32)C1. The van der Waals surface area contributed by atoms with Crippen LogP contribution in [0.3, 0.4) is 0 Å². The highest BCUT2D eigenvalue weighted by Crippen LogP contribution is 2.30. The summed E-state index contributed by atoms with van der Waals surface area (Å²) in [7, 11) is 0. The minimum absolute atomic E-state index is 0.361. The summed E-state index contributed by atoms with van der Waals surface area (Å²) in [5.74, 6) is 0.